The minimum Gasteiger partial charge on any atom is -0.346 e. The summed E-state index contributed by atoms with van der Waals surface area (Å²) in [4.78, 5) is 8.62. The Morgan fingerprint density at radius 3 is 2.16 bits per heavy atom. The molecule has 0 saturated heterocycles. The van der Waals surface area contributed by atoms with Gasteiger partial charge in [-0.1, -0.05) is 103 Å². The van der Waals surface area contributed by atoms with Gasteiger partial charge in [-0.15, -0.1) is 0 Å². The van der Waals surface area contributed by atoms with Gasteiger partial charge in [0.15, 0.2) is 0 Å². The van der Waals surface area contributed by atoms with E-state index in [1.54, 1.807) is 19.3 Å². The fraction of sp³-hybridized carbons (Fsp3) is 0.419. The Labute approximate surface area is 229 Å². The van der Waals surface area contributed by atoms with Crippen molar-refractivity contribution in [2.24, 2.45) is 4.99 Å². The standard InChI is InChI=1S/C14H13ClN4.C10H13F.C3H8.2C2H6/c1-16-12-10-6-4-8-17-13(10)19-14(18-12)9-5-2-3-7-11(9)15;1-3-5-9-6-4-7-10(11)8(9)2;1-3-2;2*1-2/h2-8,14H,1H3,(H,16,18)(H,17,19);4,6-7H,3,5H2,1-2H3;3H2,1-2H3;2*1-2H3. The lowest BCUT2D eigenvalue weighted by atomic mass is 10.0. The molecule has 1 aliphatic heterocycles. The molecule has 3 aromatic rings. The van der Waals surface area contributed by atoms with Crippen molar-refractivity contribution in [1.82, 2.24) is 10.3 Å². The van der Waals surface area contributed by atoms with Crippen molar-refractivity contribution in [1.29, 1.82) is 0 Å². The van der Waals surface area contributed by atoms with Crippen LogP contribution in [-0.2, 0) is 6.42 Å². The Hall–Kier alpha value is -2.92. The minimum absolute atomic E-state index is 0.0871. The van der Waals surface area contributed by atoms with Gasteiger partial charge in [-0.2, -0.15) is 0 Å². The fourth-order valence-electron chi connectivity index (χ4n) is 3.34. The number of benzene rings is 2. The van der Waals surface area contributed by atoms with Crippen LogP contribution in [0.4, 0.5) is 10.2 Å². The monoisotopic (exact) mass is 528 g/mol. The number of hydrogen-bond acceptors (Lipinski definition) is 3. The molecular weight excluding hydrogens is 483 g/mol. The van der Waals surface area contributed by atoms with Crippen LogP contribution in [0.2, 0.25) is 5.02 Å². The predicted octanol–water partition coefficient (Wildman–Crippen LogP) is 9.38. The zero-order valence-corrected chi connectivity index (χ0v) is 24.9. The zero-order chi connectivity index (χ0) is 28.2. The van der Waals surface area contributed by atoms with Crippen LogP contribution in [0.25, 0.3) is 0 Å². The molecule has 6 heteroatoms. The van der Waals surface area contributed by atoms with E-state index in [0.717, 1.165) is 46.7 Å². The molecule has 0 aliphatic carbocycles. The second-order valence-electron chi connectivity index (χ2n) is 7.70. The second kappa shape index (κ2) is 20.2. The van der Waals surface area contributed by atoms with Crippen molar-refractivity contribution >= 4 is 23.3 Å². The van der Waals surface area contributed by atoms with Gasteiger partial charge in [-0.3, -0.25) is 4.99 Å². The van der Waals surface area contributed by atoms with E-state index < -0.39 is 0 Å². The van der Waals surface area contributed by atoms with Gasteiger partial charge in [-0.25, -0.2) is 9.37 Å². The molecule has 0 spiro atoms. The number of fused-ring (bicyclic) bond motifs is 1. The number of nitrogens with zero attached hydrogens (tertiary/aromatic N) is 2. The van der Waals surface area contributed by atoms with E-state index in [9.17, 15) is 4.39 Å². The number of pyridine rings is 1. The number of amidine groups is 1. The zero-order valence-electron chi connectivity index (χ0n) is 24.1. The molecule has 0 saturated carbocycles. The van der Waals surface area contributed by atoms with Crippen LogP contribution in [-0.4, -0.2) is 17.9 Å². The lowest BCUT2D eigenvalue weighted by Gasteiger charge is -2.29. The summed E-state index contributed by atoms with van der Waals surface area (Å²) in [6.07, 6.45) is 4.93. The van der Waals surface area contributed by atoms with E-state index in [-0.39, 0.29) is 12.0 Å². The van der Waals surface area contributed by atoms with Gasteiger partial charge in [0.05, 0.1) is 5.56 Å². The van der Waals surface area contributed by atoms with Crippen molar-refractivity contribution < 1.29 is 4.39 Å². The fourth-order valence-corrected chi connectivity index (χ4v) is 3.59. The summed E-state index contributed by atoms with van der Waals surface area (Å²) in [5, 5.41) is 7.37. The molecule has 4 rings (SSSR count). The maximum Gasteiger partial charge on any atom is 0.138 e. The molecule has 2 N–H and O–H groups in total. The van der Waals surface area contributed by atoms with E-state index in [4.69, 9.17) is 11.6 Å². The maximum absolute atomic E-state index is 12.9. The van der Waals surface area contributed by atoms with Crippen molar-refractivity contribution in [3.8, 4) is 0 Å². The Bertz CT molecular complexity index is 1050. The number of halogens is 2. The summed E-state index contributed by atoms with van der Waals surface area (Å²) >= 11 is 6.24. The quantitative estimate of drug-likeness (QED) is 0.356. The topological polar surface area (TPSA) is 49.3 Å². The Balaban J connectivity index is 0.000000614. The van der Waals surface area contributed by atoms with Gasteiger partial charge in [0, 0.05) is 23.8 Å². The first-order chi connectivity index (χ1) is 18.0. The smallest absolute Gasteiger partial charge is 0.138 e. The first kappa shape index (κ1) is 34.1. The van der Waals surface area contributed by atoms with E-state index in [0.29, 0.717) is 5.02 Å². The molecule has 0 bridgehead atoms. The van der Waals surface area contributed by atoms with Crippen molar-refractivity contribution in [2.45, 2.75) is 80.8 Å². The largest absolute Gasteiger partial charge is 0.346 e. The molecule has 1 unspecified atom stereocenters. The third kappa shape index (κ3) is 10.9. The summed E-state index contributed by atoms with van der Waals surface area (Å²) < 4.78 is 12.9. The molecule has 4 nitrogen and oxygen atoms in total. The second-order valence-corrected chi connectivity index (χ2v) is 8.10. The summed E-state index contributed by atoms with van der Waals surface area (Å²) in [5.74, 6) is 1.54. The molecule has 2 heterocycles. The highest BCUT2D eigenvalue weighted by molar-refractivity contribution is 6.31. The van der Waals surface area contributed by atoms with Crippen molar-refractivity contribution in [2.75, 3.05) is 12.4 Å². The summed E-state index contributed by atoms with van der Waals surface area (Å²) in [6, 6.07) is 16.9. The van der Waals surface area contributed by atoms with Crippen LogP contribution in [0, 0.1) is 12.7 Å². The molecule has 0 radical (unpaired) electrons. The lowest BCUT2D eigenvalue weighted by Crippen LogP contribution is -2.39. The first-order valence-corrected chi connectivity index (χ1v) is 13.8. The average Bonchev–Trinajstić information content (AvgIpc) is 2.94. The lowest BCUT2D eigenvalue weighted by molar-refractivity contribution is 0.614. The van der Waals surface area contributed by atoms with E-state index in [2.05, 4.69) is 41.4 Å². The molecule has 204 valence electrons. The van der Waals surface area contributed by atoms with Crippen LogP contribution >= 0.6 is 11.6 Å². The highest BCUT2D eigenvalue weighted by atomic mass is 35.5. The molecule has 37 heavy (non-hydrogen) atoms. The third-order valence-corrected chi connectivity index (χ3v) is 5.31. The van der Waals surface area contributed by atoms with Gasteiger partial charge in [0.1, 0.15) is 23.6 Å². The van der Waals surface area contributed by atoms with Crippen LogP contribution in [0.1, 0.15) is 89.7 Å². The highest BCUT2D eigenvalue weighted by Crippen LogP contribution is 2.28. The molecular formula is C31H46ClFN4. The normalized spacial score (nSPS) is 13.8. The predicted molar refractivity (Wildman–Crippen MR) is 161 cm³/mol. The summed E-state index contributed by atoms with van der Waals surface area (Å²) in [6.45, 7) is 16.2. The van der Waals surface area contributed by atoms with Gasteiger partial charge < -0.3 is 10.6 Å². The van der Waals surface area contributed by atoms with E-state index in [1.165, 1.54) is 12.5 Å². The molecule has 1 atom stereocenters. The third-order valence-electron chi connectivity index (χ3n) is 4.96. The number of hydrogen-bond donors (Lipinski definition) is 2. The number of aromatic nitrogens is 1. The Morgan fingerprint density at radius 2 is 1.57 bits per heavy atom. The van der Waals surface area contributed by atoms with Crippen molar-refractivity contribution in [3.63, 3.8) is 0 Å². The maximum atomic E-state index is 12.9. The Morgan fingerprint density at radius 1 is 0.919 bits per heavy atom. The molecule has 1 aromatic heterocycles. The number of rotatable bonds is 3. The van der Waals surface area contributed by atoms with E-state index >= 15 is 0 Å². The molecule has 2 aromatic carbocycles. The molecule has 1 aliphatic rings. The van der Waals surface area contributed by atoms with Gasteiger partial charge >= 0.3 is 0 Å². The first-order valence-electron chi connectivity index (χ1n) is 13.4. The summed E-state index contributed by atoms with van der Waals surface area (Å²) in [5.41, 5.74) is 3.87. The van der Waals surface area contributed by atoms with Gasteiger partial charge in [-0.05, 0) is 48.7 Å². The van der Waals surface area contributed by atoms with Gasteiger partial charge in [0.2, 0.25) is 0 Å². The van der Waals surface area contributed by atoms with Gasteiger partial charge in [0.25, 0.3) is 0 Å². The average molecular weight is 529 g/mol. The van der Waals surface area contributed by atoms with Crippen molar-refractivity contribution in [3.05, 3.63) is 93.9 Å². The van der Waals surface area contributed by atoms with Crippen LogP contribution in [0.3, 0.4) is 0 Å². The highest BCUT2D eigenvalue weighted by Gasteiger charge is 2.24. The number of nitrogens with one attached hydrogen (secondary N) is 2. The van der Waals surface area contributed by atoms with E-state index in [1.807, 2.05) is 77.1 Å². The number of aliphatic imine (C=N–C) groups is 1. The number of aryl methyl sites for hydroxylation is 1. The molecule has 0 fully saturated rings. The minimum atomic E-state index is -0.130. The SMILES string of the molecule is CC.CC.CCC.CCCc1cccc(F)c1C.CN=C1NC(c2ccccc2Cl)Nc2ncccc21. The van der Waals surface area contributed by atoms with Crippen LogP contribution < -0.4 is 10.6 Å². The number of anilines is 1. The Kier molecular flexibility index (Phi) is 18.6. The van der Waals surface area contributed by atoms with Crippen LogP contribution in [0.15, 0.2) is 65.8 Å². The summed E-state index contributed by atoms with van der Waals surface area (Å²) in [7, 11) is 1.76. The van der Waals surface area contributed by atoms with Crippen LogP contribution in [0.5, 0.6) is 0 Å². The molecule has 0 amide bonds.